The third-order valence-corrected chi connectivity index (χ3v) is 3.23. The van der Waals surface area contributed by atoms with E-state index in [1.165, 1.54) is 0 Å². The van der Waals surface area contributed by atoms with Crippen molar-refractivity contribution in [3.8, 4) is 11.4 Å². The molecule has 1 aliphatic heterocycles. The lowest BCUT2D eigenvalue weighted by atomic mass is 10.1. The van der Waals surface area contributed by atoms with Crippen molar-refractivity contribution in [1.82, 2.24) is 14.9 Å². The van der Waals surface area contributed by atoms with E-state index in [9.17, 15) is 0 Å². The van der Waals surface area contributed by atoms with Crippen LogP contribution in [0.15, 0.2) is 43.0 Å². The summed E-state index contributed by atoms with van der Waals surface area (Å²) in [6.45, 7) is 2.11. The van der Waals surface area contributed by atoms with Gasteiger partial charge in [-0.1, -0.05) is 0 Å². The maximum atomic E-state index is 5.96. The van der Waals surface area contributed by atoms with Gasteiger partial charge in [-0.25, -0.2) is 4.98 Å². The molecule has 1 aromatic carbocycles. The normalized spacial score (nSPS) is 16.7. The van der Waals surface area contributed by atoms with Crippen LogP contribution in [0.3, 0.4) is 0 Å². The van der Waals surface area contributed by atoms with E-state index in [1.54, 1.807) is 12.5 Å². The van der Waals surface area contributed by atoms with Crippen molar-refractivity contribution in [3.05, 3.63) is 43.0 Å². The molecule has 2 heterocycles. The number of hydrogen-bond acceptors (Lipinski definition) is 3. The molecule has 1 N–H and O–H groups in total. The number of hydrogen-bond donors (Lipinski definition) is 1. The summed E-state index contributed by atoms with van der Waals surface area (Å²) in [5.74, 6) is 0.950. The molecule has 0 radical (unpaired) electrons. The molecule has 0 bridgehead atoms. The average Bonchev–Trinajstić information content (AvgIpc) is 2.95. The molecule has 2 aromatic rings. The van der Waals surface area contributed by atoms with E-state index in [0.29, 0.717) is 6.10 Å². The molecule has 0 atom stereocenters. The minimum atomic E-state index is 0.352. The number of imidazole rings is 1. The second-order valence-corrected chi connectivity index (χ2v) is 4.53. The van der Waals surface area contributed by atoms with Crippen molar-refractivity contribution in [3.63, 3.8) is 0 Å². The lowest BCUT2D eigenvalue weighted by molar-refractivity contribution is 0.162. The van der Waals surface area contributed by atoms with Crippen molar-refractivity contribution in [2.45, 2.75) is 18.9 Å². The number of rotatable bonds is 3. The number of piperidine rings is 1. The minimum absolute atomic E-state index is 0.352. The first-order valence-corrected chi connectivity index (χ1v) is 6.37. The van der Waals surface area contributed by atoms with Crippen molar-refractivity contribution in [2.24, 2.45) is 0 Å². The van der Waals surface area contributed by atoms with Crippen molar-refractivity contribution >= 4 is 0 Å². The smallest absolute Gasteiger partial charge is 0.119 e. The Labute approximate surface area is 107 Å². The Hall–Kier alpha value is -1.81. The number of benzene rings is 1. The van der Waals surface area contributed by atoms with Gasteiger partial charge >= 0.3 is 0 Å². The molecule has 1 aliphatic rings. The largest absolute Gasteiger partial charge is 0.490 e. The van der Waals surface area contributed by atoms with Gasteiger partial charge in [0.05, 0.1) is 6.33 Å². The van der Waals surface area contributed by atoms with Gasteiger partial charge in [0, 0.05) is 18.1 Å². The molecule has 18 heavy (non-hydrogen) atoms. The zero-order valence-corrected chi connectivity index (χ0v) is 10.2. The first kappa shape index (κ1) is 11.3. The molecule has 0 aliphatic carbocycles. The highest BCUT2D eigenvalue weighted by atomic mass is 16.5. The Balaban J connectivity index is 1.67. The first-order valence-electron chi connectivity index (χ1n) is 6.37. The molecule has 0 saturated carbocycles. The van der Waals surface area contributed by atoms with Crippen LogP contribution in [0.2, 0.25) is 0 Å². The van der Waals surface area contributed by atoms with Gasteiger partial charge in [0.15, 0.2) is 0 Å². The number of nitrogens with zero attached hydrogens (tertiary/aromatic N) is 2. The summed E-state index contributed by atoms with van der Waals surface area (Å²) in [5, 5.41) is 3.34. The number of nitrogens with one attached hydrogen (secondary N) is 1. The van der Waals surface area contributed by atoms with Gasteiger partial charge in [0.25, 0.3) is 0 Å². The van der Waals surface area contributed by atoms with Crippen LogP contribution in [-0.2, 0) is 0 Å². The van der Waals surface area contributed by atoms with E-state index >= 15 is 0 Å². The van der Waals surface area contributed by atoms with Gasteiger partial charge in [0.2, 0.25) is 0 Å². The third-order valence-electron chi connectivity index (χ3n) is 3.23. The zero-order valence-electron chi connectivity index (χ0n) is 10.2. The van der Waals surface area contributed by atoms with E-state index in [0.717, 1.165) is 37.4 Å². The van der Waals surface area contributed by atoms with Crippen LogP contribution in [-0.4, -0.2) is 28.7 Å². The molecule has 94 valence electrons. The minimum Gasteiger partial charge on any atom is -0.490 e. The molecule has 0 unspecified atom stereocenters. The van der Waals surface area contributed by atoms with E-state index in [4.69, 9.17) is 4.74 Å². The standard InChI is InChI=1S/C14H17N3O/c1-3-13(18-14-5-7-15-8-6-14)4-2-12(1)17-10-9-16-11-17/h1-4,9-11,14-15H,5-8H2. The summed E-state index contributed by atoms with van der Waals surface area (Å²) >= 11 is 0. The fourth-order valence-electron chi connectivity index (χ4n) is 2.21. The van der Waals surface area contributed by atoms with Crippen LogP contribution in [0, 0.1) is 0 Å². The van der Waals surface area contributed by atoms with Crippen molar-refractivity contribution in [1.29, 1.82) is 0 Å². The van der Waals surface area contributed by atoms with Gasteiger partial charge in [-0.2, -0.15) is 0 Å². The van der Waals surface area contributed by atoms with Gasteiger partial charge in [-0.3, -0.25) is 0 Å². The van der Waals surface area contributed by atoms with Crippen LogP contribution < -0.4 is 10.1 Å². The van der Waals surface area contributed by atoms with Crippen LogP contribution in [0.1, 0.15) is 12.8 Å². The van der Waals surface area contributed by atoms with Gasteiger partial charge in [0.1, 0.15) is 11.9 Å². The Bertz CT molecular complexity index is 472. The number of ether oxygens (including phenoxy) is 1. The molecule has 3 rings (SSSR count). The molecule has 1 fully saturated rings. The second-order valence-electron chi connectivity index (χ2n) is 4.53. The third kappa shape index (κ3) is 2.54. The summed E-state index contributed by atoms with van der Waals surface area (Å²) in [6.07, 6.45) is 8.03. The van der Waals surface area contributed by atoms with Gasteiger partial charge in [-0.05, 0) is 50.2 Å². The highest BCUT2D eigenvalue weighted by Crippen LogP contribution is 2.18. The Kier molecular flexibility index (Phi) is 3.28. The monoisotopic (exact) mass is 243 g/mol. The summed E-state index contributed by atoms with van der Waals surface area (Å²) in [6, 6.07) is 8.16. The topological polar surface area (TPSA) is 39.1 Å². The second kappa shape index (κ2) is 5.23. The van der Waals surface area contributed by atoms with E-state index in [1.807, 2.05) is 22.9 Å². The predicted octanol–water partition coefficient (Wildman–Crippen LogP) is 2.00. The maximum absolute atomic E-state index is 5.96. The predicted molar refractivity (Wildman–Crippen MR) is 70.1 cm³/mol. The Morgan fingerprint density at radius 3 is 2.61 bits per heavy atom. The summed E-state index contributed by atoms with van der Waals surface area (Å²) in [5.41, 5.74) is 1.10. The molecule has 1 saturated heterocycles. The fraction of sp³-hybridized carbons (Fsp3) is 0.357. The lowest BCUT2D eigenvalue weighted by Gasteiger charge is -2.23. The number of aromatic nitrogens is 2. The zero-order chi connectivity index (χ0) is 12.2. The van der Waals surface area contributed by atoms with Crippen LogP contribution in [0.25, 0.3) is 5.69 Å². The average molecular weight is 243 g/mol. The van der Waals surface area contributed by atoms with Gasteiger partial charge in [-0.15, -0.1) is 0 Å². The Morgan fingerprint density at radius 1 is 1.17 bits per heavy atom. The first-order chi connectivity index (χ1) is 8.92. The molecular weight excluding hydrogens is 226 g/mol. The summed E-state index contributed by atoms with van der Waals surface area (Å²) in [4.78, 5) is 4.04. The van der Waals surface area contributed by atoms with Crippen LogP contribution >= 0.6 is 0 Å². The molecular formula is C14H17N3O. The lowest BCUT2D eigenvalue weighted by Crippen LogP contribution is -2.34. The molecule has 1 aromatic heterocycles. The van der Waals surface area contributed by atoms with E-state index < -0.39 is 0 Å². The highest BCUT2D eigenvalue weighted by molar-refractivity contribution is 5.37. The summed E-state index contributed by atoms with van der Waals surface area (Å²) < 4.78 is 7.94. The van der Waals surface area contributed by atoms with Crippen LogP contribution in [0.4, 0.5) is 0 Å². The van der Waals surface area contributed by atoms with Crippen LogP contribution in [0.5, 0.6) is 5.75 Å². The quantitative estimate of drug-likeness (QED) is 0.896. The summed E-state index contributed by atoms with van der Waals surface area (Å²) in [7, 11) is 0. The maximum Gasteiger partial charge on any atom is 0.119 e. The SMILES string of the molecule is c1cn(-c2ccc(OC3CCNCC3)cc2)cn1. The van der Waals surface area contributed by atoms with E-state index in [2.05, 4.69) is 22.4 Å². The fourth-order valence-corrected chi connectivity index (χ4v) is 2.21. The molecule has 0 amide bonds. The molecule has 4 nitrogen and oxygen atoms in total. The molecule has 4 heteroatoms. The van der Waals surface area contributed by atoms with Gasteiger partial charge < -0.3 is 14.6 Å². The van der Waals surface area contributed by atoms with Crippen molar-refractivity contribution in [2.75, 3.05) is 13.1 Å². The highest BCUT2D eigenvalue weighted by Gasteiger charge is 2.14. The van der Waals surface area contributed by atoms with E-state index in [-0.39, 0.29) is 0 Å². The van der Waals surface area contributed by atoms with Crippen molar-refractivity contribution < 1.29 is 4.74 Å². The molecule has 0 spiro atoms. The Morgan fingerprint density at radius 2 is 1.94 bits per heavy atom.